The van der Waals surface area contributed by atoms with Gasteiger partial charge in [0.2, 0.25) is 5.91 Å². The number of anilines is 1. The van der Waals surface area contributed by atoms with Crippen molar-refractivity contribution in [3.63, 3.8) is 0 Å². The molecule has 0 saturated carbocycles. The topological polar surface area (TPSA) is 73.2 Å². The van der Waals surface area contributed by atoms with Crippen LogP contribution in [0.25, 0.3) is 10.9 Å². The molecule has 0 aliphatic carbocycles. The second-order valence-corrected chi connectivity index (χ2v) is 8.47. The molecule has 6 nitrogen and oxygen atoms in total. The van der Waals surface area contributed by atoms with Gasteiger partial charge in [-0.3, -0.25) is 14.2 Å². The summed E-state index contributed by atoms with van der Waals surface area (Å²) < 4.78 is 6.89. The maximum absolute atomic E-state index is 13.2. The molecule has 0 radical (unpaired) electrons. The van der Waals surface area contributed by atoms with Crippen molar-refractivity contribution in [1.82, 2.24) is 9.55 Å². The number of fused-ring (bicyclic) bond motifs is 1. The summed E-state index contributed by atoms with van der Waals surface area (Å²) in [5, 5.41) is 4.00. The van der Waals surface area contributed by atoms with E-state index in [1.165, 1.54) is 17.3 Å². The molecule has 0 spiro atoms. The third-order valence-electron chi connectivity index (χ3n) is 5.20. The second-order valence-electron chi connectivity index (χ2n) is 7.53. The van der Waals surface area contributed by atoms with Crippen molar-refractivity contribution in [1.29, 1.82) is 0 Å². The molecule has 0 saturated heterocycles. The van der Waals surface area contributed by atoms with E-state index in [0.717, 1.165) is 12.8 Å². The zero-order valence-corrected chi connectivity index (χ0v) is 19.2. The molecule has 0 aliphatic rings. The molecule has 0 unspecified atom stereocenters. The van der Waals surface area contributed by atoms with Crippen LogP contribution in [0.1, 0.15) is 12.0 Å². The number of rotatable bonds is 9. The number of nitrogens with one attached hydrogen (secondary N) is 1. The standard InChI is InChI=1S/C26H25N3O3S/c1-32-21-13-7-12-20(17-21)27-24(30)18-33-26-28-23-15-6-5-14-22(23)25(31)29(26)16-8-11-19-9-3-2-4-10-19/h2-7,9-10,12-15,17H,8,11,16,18H2,1H3,(H,27,30). The number of nitrogens with zero attached hydrogens (tertiary/aromatic N) is 2. The van der Waals surface area contributed by atoms with E-state index in [1.807, 2.05) is 48.5 Å². The Hall–Kier alpha value is -3.58. The Bertz CT molecular complexity index is 1310. The molecule has 1 aromatic heterocycles. The van der Waals surface area contributed by atoms with E-state index in [-0.39, 0.29) is 17.2 Å². The number of carbonyl (C=O) groups is 1. The molecule has 1 heterocycles. The molecule has 1 N–H and O–H groups in total. The number of aromatic nitrogens is 2. The van der Waals surface area contributed by atoms with Crippen LogP contribution < -0.4 is 15.6 Å². The lowest BCUT2D eigenvalue weighted by molar-refractivity contribution is -0.113. The van der Waals surface area contributed by atoms with Gasteiger partial charge in [0, 0.05) is 18.3 Å². The molecule has 168 valence electrons. The van der Waals surface area contributed by atoms with Crippen LogP contribution in [0, 0.1) is 0 Å². The number of benzene rings is 3. The molecule has 0 aliphatic heterocycles. The maximum atomic E-state index is 13.2. The van der Waals surface area contributed by atoms with Crippen LogP contribution in [0.2, 0.25) is 0 Å². The summed E-state index contributed by atoms with van der Waals surface area (Å²) in [5.41, 5.74) is 2.44. The molecule has 0 bridgehead atoms. The van der Waals surface area contributed by atoms with Crippen LogP contribution in [0.15, 0.2) is 88.8 Å². The summed E-state index contributed by atoms with van der Waals surface area (Å²) >= 11 is 1.27. The van der Waals surface area contributed by atoms with Gasteiger partial charge < -0.3 is 10.1 Å². The summed E-state index contributed by atoms with van der Waals surface area (Å²) in [6.07, 6.45) is 1.66. The fourth-order valence-electron chi connectivity index (χ4n) is 3.57. The Morgan fingerprint density at radius 1 is 1.03 bits per heavy atom. The Balaban J connectivity index is 1.50. The zero-order valence-electron chi connectivity index (χ0n) is 18.4. The largest absolute Gasteiger partial charge is 0.497 e. The molecule has 0 atom stereocenters. The Kier molecular flexibility index (Phi) is 7.42. The minimum atomic E-state index is -0.175. The van der Waals surface area contributed by atoms with Crippen molar-refractivity contribution in [2.75, 3.05) is 18.2 Å². The van der Waals surface area contributed by atoms with Crippen molar-refractivity contribution in [3.05, 3.63) is 94.8 Å². The van der Waals surface area contributed by atoms with Gasteiger partial charge >= 0.3 is 0 Å². The predicted octanol–water partition coefficient (Wildman–Crippen LogP) is 4.77. The van der Waals surface area contributed by atoms with E-state index in [4.69, 9.17) is 9.72 Å². The van der Waals surface area contributed by atoms with Crippen LogP contribution in [0.5, 0.6) is 5.75 Å². The molecule has 7 heteroatoms. The zero-order chi connectivity index (χ0) is 23.0. The fourth-order valence-corrected chi connectivity index (χ4v) is 4.39. The summed E-state index contributed by atoms with van der Waals surface area (Å²) in [6.45, 7) is 0.533. The highest BCUT2D eigenvalue weighted by Gasteiger charge is 2.13. The minimum Gasteiger partial charge on any atom is -0.497 e. The number of ether oxygens (including phenoxy) is 1. The average molecular weight is 460 g/mol. The Morgan fingerprint density at radius 3 is 2.64 bits per heavy atom. The first-order valence-corrected chi connectivity index (χ1v) is 11.7. The van der Waals surface area contributed by atoms with E-state index in [9.17, 15) is 9.59 Å². The number of para-hydroxylation sites is 1. The van der Waals surface area contributed by atoms with E-state index in [1.54, 1.807) is 29.9 Å². The number of methoxy groups -OCH3 is 1. The number of carbonyl (C=O) groups excluding carboxylic acids is 1. The number of hydrogen-bond acceptors (Lipinski definition) is 5. The fraction of sp³-hybridized carbons (Fsp3) is 0.192. The third kappa shape index (κ3) is 5.81. The van der Waals surface area contributed by atoms with Gasteiger partial charge in [-0.25, -0.2) is 4.98 Å². The minimum absolute atomic E-state index is 0.0793. The van der Waals surface area contributed by atoms with Gasteiger partial charge in [-0.05, 0) is 42.7 Å². The number of aryl methyl sites for hydroxylation is 1. The smallest absolute Gasteiger partial charge is 0.262 e. The molecule has 4 aromatic rings. The van der Waals surface area contributed by atoms with Crippen LogP contribution in [0.3, 0.4) is 0 Å². The monoisotopic (exact) mass is 459 g/mol. The third-order valence-corrected chi connectivity index (χ3v) is 6.18. The maximum Gasteiger partial charge on any atom is 0.262 e. The lowest BCUT2D eigenvalue weighted by Crippen LogP contribution is -2.24. The molecular weight excluding hydrogens is 434 g/mol. The lowest BCUT2D eigenvalue weighted by Gasteiger charge is -2.13. The summed E-state index contributed by atoms with van der Waals surface area (Å²) in [7, 11) is 1.58. The average Bonchev–Trinajstić information content (AvgIpc) is 2.85. The molecular formula is C26H25N3O3S. The van der Waals surface area contributed by atoms with Gasteiger partial charge in [0.15, 0.2) is 5.16 Å². The van der Waals surface area contributed by atoms with E-state index in [2.05, 4.69) is 17.4 Å². The first kappa shape index (κ1) is 22.6. The molecule has 3 aromatic carbocycles. The van der Waals surface area contributed by atoms with Gasteiger partial charge in [-0.2, -0.15) is 0 Å². The van der Waals surface area contributed by atoms with Crippen LogP contribution in [-0.2, 0) is 17.8 Å². The van der Waals surface area contributed by atoms with Crippen molar-refractivity contribution in [3.8, 4) is 5.75 Å². The van der Waals surface area contributed by atoms with Gasteiger partial charge in [0.25, 0.3) is 5.56 Å². The lowest BCUT2D eigenvalue weighted by atomic mass is 10.1. The van der Waals surface area contributed by atoms with Crippen LogP contribution in [0.4, 0.5) is 5.69 Å². The van der Waals surface area contributed by atoms with Crippen molar-refractivity contribution in [2.45, 2.75) is 24.5 Å². The first-order chi connectivity index (χ1) is 16.1. The summed E-state index contributed by atoms with van der Waals surface area (Å²) in [6, 6.07) is 24.7. The number of hydrogen-bond donors (Lipinski definition) is 1. The Labute approximate surface area is 196 Å². The first-order valence-electron chi connectivity index (χ1n) is 10.7. The highest BCUT2D eigenvalue weighted by Crippen LogP contribution is 2.20. The highest BCUT2D eigenvalue weighted by molar-refractivity contribution is 7.99. The van der Waals surface area contributed by atoms with Crippen LogP contribution >= 0.6 is 11.8 Å². The van der Waals surface area contributed by atoms with Gasteiger partial charge in [0.05, 0.1) is 23.8 Å². The highest BCUT2D eigenvalue weighted by atomic mass is 32.2. The van der Waals surface area contributed by atoms with Crippen molar-refractivity contribution < 1.29 is 9.53 Å². The molecule has 1 amide bonds. The number of thioether (sulfide) groups is 1. The SMILES string of the molecule is COc1cccc(NC(=O)CSc2nc3ccccc3c(=O)n2CCCc2ccccc2)c1. The van der Waals surface area contributed by atoms with Crippen LogP contribution in [-0.4, -0.2) is 28.3 Å². The predicted molar refractivity (Wildman–Crippen MR) is 133 cm³/mol. The Morgan fingerprint density at radius 2 is 1.82 bits per heavy atom. The van der Waals surface area contributed by atoms with Crippen molar-refractivity contribution >= 4 is 34.3 Å². The molecule has 0 fully saturated rings. The quantitative estimate of drug-likeness (QED) is 0.288. The van der Waals surface area contributed by atoms with Gasteiger partial charge in [-0.1, -0.05) is 60.3 Å². The summed E-state index contributed by atoms with van der Waals surface area (Å²) in [5.74, 6) is 0.635. The molecule has 4 rings (SSSR count). The van der Waals surface area contributed by atoms with Gasteiger partial charge in [0.1, 0.15) is 5.75 Å². The van der Waals surface area contributed by atoms with E-state index >= 15 is 0 Å². The second kappa shape index (κ2) is 10.8. The molecule has 33 heavy (non-hydrogen) atoms. The van der Waals surface area contributed by atoms with E-state index < -0.39 is 0 Å². The van der Waals surface area contributed by atoms with Gasteiger partial charge in [-0.15, -0.1) is 0 Å². The van der Waals surface area contributed by atoms with Crippen molar-refractivity contribution in [2.24, 2.45) is 0 Å². The van der Waals surface area contributed by atoms with E-state index in [0.29, 0.717) is 34.0 Å². The number of amides is 1. The normalized spacial score (nSPS) is 10.8. The summed E-state index contributed by atoms with van der Waals surface area (Å²) in [4.78, 5) is 30.4.